The van der Waals surface area contributed by atoms with Gasteiger partial charge in [-0.15, -0.1) is 6.07 Å². The number of hydrogen-bond donors (Lipinski definition) is 0. The predicted octanol–water partition coefficient (Wildman–Crippen LogP) is 1.16. The molecule has 0 aromatic carbocycles. The standard InChI is InChI=1S/C5H2F2N.Rh/c6-4-1-5(7)3-8-2-4;/h2-3H;/q-1;. The molecule has 1 aromatic heterocycles. The zero-order valence-electron chi connectivity index (χ0n) is 4.19. The van der Waals surface area contributed by atoms with Gasteiger partial charge in [0.25, 0.3) is 0 Å². The molecule has 1 radical (unpaired) electrons. The van der Waals surface area contributed by atoms with Crippen LogP contribution in [-0.2, 0) is 19.5 Å². The number of halogens is 2. The Labute approximate surface area is 63.9 Å². The number of aromatic nitrogens is 1. The van der Waals surface area contributed by atoms with Crippen LogP contribution in [-0.4, -0.2) is 4.98 Å². The summed E-state index contributed by atoms with van der Waals surface area (Å²) in [4.78, 5) is 3.20. The molecule has 0 atom stereocenters. The summed E-state index contributed by atoms with van der Waals surface area (Å²) in [5.41, 5.74) is 0. The normalized spacial score (nSPS) is 8.22. The van der Waals surface area contributed by atoms with Crippen LogP contribution in [0.2, 0.25) is 0 Å². The van der Waals surface area contributed by atoms with E-state index in [0.29, 0.717) is 0 Å². The molecule has 9 heavy (non-hydrogen) atoms. The third kappa shape index (κ3) is 2.61. The van der Waals surface area contributed by atoms with Crippen molar-refractivity contribution in [3.05, 3.63) is 30.1 Å². The molecule has 0 aliphatic rings. The average molecular weight is 217 g/mol. The first-order valence-corrected chi connectivity index (χ1v) is 1.97. The minimum absolute atomic E-state index is 0. The maximum atomic E-state index is 11.8. The molecule has 1 aromatic rings. The molecular formula is C5H2F2NRh-. The number of rotatable bonds is 0. The second-order valence-corrected chi connectivity index (χ2v) is 1.23. The number of pyridine rings is 1. The predicted molar refractivity (Wildman–Crippen MR) is 23.0 cm³/mol. The fraction of sp³-hybridized carbons (Fsp3) is 0. The Morgan fingerprint density at radius 3 is 1.89 bits per heavy atom. The smallest absolute Gasteiger partial charge is 0.0311 e. The summed E-state index contributed by atoms with van der Waals surface area (Å²) >= 11 is 0. The van der Waals surface area contributed by atoms with Gasteiger partial charge in [0.05, 0.1) is 0 Å². The van der Waals surface area contributed by atoms with E-state index >= 15 is 0 Å². The first-order chi connectivity index (χ1) is 3.79. The van der Waals surface area contributed by atoms with E-state index in [1.54, 1.807) is 6.07 Å². The molecule has 51 valence electrons. The van der Waals surface area contributed by atoms with Crippen LogP contribution in [0.4, 0.5) is 8.78 Å². The van der Waals surface area contributed by atoms with Crippen LogP contribution in [0.5, 0.6) is 0 Å². The van der Waals surface area contributed by atoms with Crippen molar-refractivity contribution in [3.63, 3.8) is 0 Å². The van der Waals surface area contributed by atoms with Crippen molar-refractivity contribution in [1.82, 2.24) is 4.98 Å². The molecule has 1 rings (SSSR count). The van der Waals surface area contributed by atoms with E-state index in [9.17, 15) is 8.78 Å². The minimum atomic E-state index is -0.773. The molecule has 0 saturated carbocycles. The molecule has 1 nitrogen and oxygen atoms in total. The van der Waals surface area contributed by atoms with Gasteiger partial charge in [-0.25, -0.2) is 8.78 Å². The monoisotopic (exact) mass is 217 g/mol. The zero-order chi connectivity index (χ0) is 5.98. The minimum Gasteiger partial charge on any atom is -0.385 e. The summed E-state index contributed by atoms with van der Waals surface area (Å²) in [6.45, 7) is 0. The Kier molecular flexibility index (Phi) is 3.47. The Hall–Kier alpha value is -0.367. The largest absolute Gasteiger partial charge is 0.385 e. The fourth-order valence-corrected chi connectivity index (χ4v) is 0.347. The second-order valence-electron chi connectivity index (χ2n) is 1.23. The van der Waals surface area contributed by atoms with E-state index in [1.165, 1.54) is 0 Å². The molecule has 0 bridgehead atoms. The third-order valence-corrected chi connectivity index (χ3v) is 0.615. The van der Waals surface area contributed by atoms with Crippen LogP contribution in [0, 0.1) is 17.7 Å². The molecule has 0 aliphatic carbocycles. The molecule has 0 fully saturated rings. The molecule has 0 saturated heterocycles. The SMILES string of the molecule is Fc1[c-]c(F)cnc1.[Rh]. The zero-order valence-corrected chi connectivity index (χ0v) is 5.83. The van der Waals surface area contributed by atoms with E-state index < -0.39 is 11.6 Å². The molecule has 1 heterocycles. The van der Waals surface area contributed by atoms with Crippen molar-refractivity contribution in [2.24, 2.45) is 0 Å². The molecule has 0 aliphatic heterocycles. The van der Waals surface area contributed by atoms with Gasteiger partial charge >= 0.3 is 0 Å². The van der Waals surface area contributed by atoms with Crippen LogP contribution in [0.1, 0.15) is 0 Å². The fourth-order valence-electron chi connectivity index (χ4n) is 0.347. The Morgan fingerprint density at radius 1 is 1.22 bits per heavy atom. The summed E-state index contributed by atoms with van der Waals surface area (Å²) in [6.07, 6.45) is 1.78. The third-order valence-electron chi connectivity index (χ3n) is 0.615. The van der Waals surface area contributed by atoms with Crippen molar-refractivity contribution in [2.45, 2.75) is 0 Å². The molecule has 0 spiro atoms. The first kappa shape index (κ1) is 8.63. The molecule has 0 amide bonds. The van der Waals surface area contributed by atoms with Crippen LogP contribution < -0.4 is 0 Å². The summed E-state index contributed by atoms with van der Waals surface area (Å²) in [5, 5.41) is 0. The Balaban J connectivity index is 0.000000640. The van der Waals surface area contributed by atoms with Gasteiger partial charge in [0, 0.05) is 31.1 Å². The summed E-state index contributed by atoms with van der Waals surface area (Å²) in [6, 6.07) is 1.77. The van der Waals surface area contributed by atoms with Crippen LogP contribution in [0.15, 0.2) is 12.4 Å². The molecule has 4 heteroatoms. The topological polar surface area (TPSA) is 12.9 Å². The molecule has 0 N–H and O–H groups in total. The molecule has 0 unspecified atom stereocenters. The summed E-state index contributed by atoms with van der Waals surface area (Å²) < 4.78 is 23.6. The first-order valence-electron chi connectivity index (χ1n) is 1.97. The van der Waals surface area contributed by atoms with E-state index in [2.05, 4.69) is 4.98 Å². The maximum absolute atomic E-state index is 11.8. The van der Waals surface area contributed by atoms with E-state index in [4.69, 9.17) is 0 Å². The van der Waals surface area contributed by atoms with Crippen molar-refractivity contribution < 1.29 is 28.3 Å². The van der Waals surface area contributed by atoms with Crippen molar-refractivity contribution >= 4 is 0 Å². The Morgan fingerprint density at radius 2 is 1.67 bits per heavy atom. The van der Waals surface area contributed by atoms with Crippen LogP contribution >= 0.6 is 0 Å². The number of nitrogens with zero attached hydrogens (tertiary/aromatic N) is 1. The van der Waals surface area contributed by atoms with Crippen molar-refractivity contribution in [1.29, 1.82) is 0 Å². The van der Waals surface area contributed by atoms with Gasteiger partial charge in [-0.05, 0) is 0 Å². The van der Waals surface area contributed by atoms with Gasteiger partial charge < -0.3 is 4.98 Å². The van der Waals surface area contributed by atoms with Gasteiger partial charge in [0.1, 0.15) is 0 Å². The van der Waals surface area contributed by atoms with Gasteiger partial charge in [0.2, 0.25) is 0 Å². The van der Waals surface area contributed by atoms with Gasteiger partial charge in [0.15, 0.2) is 0 Å². The number of hydrogen-bond acceptors (Lipinski definition) is 1. The van der Waals surface area contributed by atoms with Crippen molar-refractivity contribution in [3.8, 4) is 0 Å². The van der Waals surface area contributed by atoms with E-state index in [-0.39, 0.29) is 19.5 Å². The maximum Gasteiger partial charge on any atom is 0.0311 e. The Bertz CT molecular complexity index is 175. The van der Waals surface area contributed by atoms with Crippen LogP contribution in [0.3, 0.4) is 0 Å². The van der Waals surface area contributed by atoms with Gasteiger partial charge in [-0.1, -0.05) is 12.4 Å². The average Bonchev–Trinajstić information content (AvgIpc) is 1.64. The van der Waals surface area contributed by atoms with Crippen LogP contribution in [0.25, 0.3) is 0 Å². The van der Waals surface area contributed by atoms with Crippen molar-refractivity contribution in [2.75, 3.05) is 0 Å². The van der Waals surface area contributed by atoms with E-state index in [1.807, 2.05) is 0 Å². The summed E-state index contributed by atoms with van der Waals surface area (Å²) in [5.74, 6) is -1.55. The van der Waals surface area contributed by atoms with Gasteiger partial charge in [-0.3, -0.25) is 0 Å². The molecular weight excluding hydrogens is 215 g/mol. The summed E-state index contributed by atoms with van der Waals surface area (Å²) in [7, 11) is 0. The quantitative estimate of drug-likeness (QED) is 0.469. The van der Waals surface area contributed by atoms with E-state index in [0.717, 1.165) is 12.4 Å². The van der Waals surface area contributed by atoms with Gasteiger partial charge in [-0.2, -0.15) is 0 Å². The second kappa shape index (κ2) is 3.62.